The first-order chi connectivity index (χ1) is 15.3. The molecule has 1 aromatic rings. The predicted molar refractivity (Wildman–Crippen MR) is 123 cm³/mol. The van der Waals surface area contributed by atoms with Gasteiger partial charge in [0.15, 0.2) is 16.7 Å². The first kappa shape index (κ1) is 24.1. The maximum Gasteiger partial charge on any atom is 0.338 e. The smallest absolute Gasteiger partial charge is 0.338 e. The zero-order valence-corrected chi connectivity index (χ0v) is 20.2. The molecule has 1 amide bonds. The molecule has 0 spiro atoms. The number of benzene rings is 1. The van der Waals surface area contributed by atoms with Crippen molar-refractivity contribution in [2.75, 3.05) is 34.0 Å². The SMILES string of the molecule is COCCOC(=O)C1=C(C)N=C2SC(C)C(=O)N2C1c1ccc(OCC(C)C)c(OC)c1. The highest BCUT2D eigenvalue weighted by molar-refractivity contribution is 8.15. The van der Waals surface area contributed by atoms with E-state index in [1.807, 2.05) is 19.1 Å². The predicted octanol–water partition coefficient (Wildman–Crippen LogP) is 3.57. The van der Waals surface area contributed by atoms with E-state index in [0.29, 0.717) is 46.0 Å². The summed E-state index contributed by atoms with van der Waals surface area (Å²) in [7, 11) is 3.10. The number of esters is 1. The Labute approximate surface area is 192 Å². The highest BCUT2D eigenvalue weighted by Crippen LogP contribution is 2.44. The highest BCUT2D eigenvalue weighted by atomic mass is 32.2. The van der Waals surface area contributed by atoms with Gasteiger partial charge in [0.05, 0.1) is 42.9 Å². The van der Waals surface area contributed by atoms with Gasteiger partial charge in [0.1, 0.15) is 6.61 Å². The number of hydrogen-bond acceptors (Lipinski definition) is 8. The number of rotatable bonds is 9. The quantitative estimate of drug-likeness (QED) is 0.410. The number of amidine groups is 1. The van der Waals surface area contributed by atoms with Crippen LogP contribution in [0, 0.1) is 5.92 Å². The zero-order chi connectivity index (χ0) is 23.4. The molecular formula is C23H30N2O6S. The van der Waals surface area contributed by atoms with Crippen molar-refractivity contribution in [2.24, 2.45) is 10.9 Å². The fourth-order valence-corrected chi connectivity index (χ4v) is 4.53. The number of nitrogens with zero attached hydrogens (tertiary/aromatic N) is 2. The van der Waals surface area contributed by atoms with Gasteiger partial charge in [-0.3, -0.25) is 9.69 Å². The lowest BCUT2D eigenvalue weighted by atomic mass is 9.94. The summed E-state index contributed by atoms with van der Waals surface area (Å²) in [5.41, 5.74) is 1.57. The summed E-state index contributed by atoms with van der Waals surface area (Å²) in [6.07, 6.45) is 0. The maximum atomic E-state index is 13.0. The van der Waals surface area contributed by atoms with Crippen molar-refractivity contribution in [1.29, 1.82) is 0 Å². The standard InChI is InChI=1S/C23H30N2O6S/c1-13(2)12-31-17-8-7-16(11-18(17)29-6)20-19(22(27)30-10-9-28-5)14(3)24-23-25(20)21(26)15(4)32-23/h7-8,11,13,15,20H,9-10,12H2,1-6H3. The second-order valence-corrected chi connectivity index (χ2v) is 9.32. The van der Waals surface area contributed by atoms with Gasteiger partial charge in [-0.2, -0.15) is 0 Å². The Balaban J connectivity index is 2.03. The highest BCUT2D eigenvalue weighted by Gasteiger charge is 2.46. The van der Waals surface area contributed by atoms with Gasteiger partial charge in [0, 0.05) is 7.11 Å². The van der Waals surface area contributed by atoms with Gasteiger partial charge in [0.25, 0.3) is 0 Å². The van der Waals surface area contributed by atoms with Crippen LogP contribution in [0.3, 0.4) is 0 Å². The molecule has 0 N–H and O–H groups in total. The molecule has 0 bridgehead atoms. The van der Waals surface area contributed by atoms with Crippen LogP contribution < -0.4 is 9.47 Å². The van der Waals surface area contributed by atoms with Gasteiger partial charge >= 0.3 is 5.97 Å². The number of amides is 1. The third kappa shape index (κ3) is 4.94. The molecule has 2 atom stereocenters. The van der Waals surface area contributed by atoms with E-state index in [1.54, 1.807) is 25.0 Å². The van der Waals surface area contributed by atoms with Crippen LogP contribution in [0.5, 0.6) is 11.5 Å². The number of carbonyl (C=O) groups excluding carboxylic acids is 2. The third-order valence-electron chi connectivity index (χ3n) is 5.07. The Morgan fingerprint density at radius 1 is 1.22 bits per heavy atom. The van der Waals surface area contributed by atoms with Crippen molar-refractivity contribution >= 4 is 28.8 Å². The number of hydrogen-bond donors (Lipinski definition) is 0. The van der Waals surface area contributed by atoms with Crippen molar-refractivity contribution < 1.29 is 28.5 Å². The van der Waals surface area contributed by atoms with E-state index in [-0.39, 0.29) is 24.4 Å². The van der Waals surface area contributed by atoms with Crippen LogP contribution in [0.2, 0.25) is 0 Å². The minimum atomic E-state index is -0.671. The molecule has 3 rings (SSSR count). The summed E-state index contributed by atoms with van der Waals surface area (Å²) in [5, 5.41) is 0.293. The first-order valence-electron chi connectivity index (χ1n) is 10.5. The Kier molecular flexibility index (Phi) is 7.84. The van der Waals surface area contributed by atoms with E-state index in [9.17, 15) is 9.59 Å². The van der Waals surface area contributed by atoms with Crippen LogP contribution >= 0.6 is 11.8 Å². The van der Waals surface area contributed by atoms with E-state index >= 15 is 0 Å². The van der Waals surface area contributed by atoms with Crippen molar-refractivity contribution in [3.05, 3.63) is 35.0 Å². The molecule has 2 aliphatic heterocycles. The van der Waals surface area contributed by atoms with Crippen molar-refractivity contribution in [3.63, 3.8) is 0 Å². The van der Waals surface area contributed by atoms with E-state index in [0.717, 1.165) is 0 Å². The molecule has 0 aromatic heterocycles. The van der Waals surface area contributed by atoms with E-state index in [1.165, 1.54) is 18.9 Å². The van der Waals surface area contributed by atoms with Crippen LogP contribution in [0.1, 0.15) is 39.3 Å². The van der Waals surface area contributed by atoms with Gasteiger partial charge in [-0.1, -0.05) is 31.7 Å². The van der Waals surface area contributed by atoms with Crippen molar-refractivity contribution in [2.45, 2.75) is 39.0 Å². The van der Waals surface area contributed by atoms with Gasteiger partial charge in [-0.25, -0.2) is 9.79 Å². The molecule has 1 saturated heterocycles. The van der Waals surface area contributed by atoms with Crippen LogP contribution in [-0.4, -0.2) is 61.2 Å². The van der Waals surface area contributed by atoms with Gasteiger partial charge in [-0.15, -0.1) is 0 Å². The largest absolute Gasteiger partial charge is 0.493 e. The number of carbonyl (C=O) groups is 2. The summed E-state index contributed by atoms with van der Waals surface area (Å²) in [5.74, 6) is 0.868. The summed E-state index contributed by atoms with van der Waals surface area (Å²) in [6, 6.07) is 4.79. The Bertz CT molecular complexity index is 942. The summed E-state index contributed by atoms with van der Waals surface area (Å²) < 4.78 is 21.8. The molecule has 0 aliphatic carbocycles. The number of ether oxygens (including phenoxy) is 4. The van der Waals surface area contributed by atoms with E-state index < -0.39 is 12.0 Å². The van der Waals surface area contributed by atoms with Crippen LogP contribution in [0.4, 0.5) is 0 Å². The minimum Gasteiger partial charge on any atom is -0.493 e. The fourth-order valence-electron chi connectivity index (χ4n) is 3.50. The van der Waals surface area contributed by atoms with Gasteiger partial charge in [0.2, 0.25) is 5.91 Å². The summed E-state index contributed by atoms with van der Waals surface area (Å²) >= 11 is 1.38. The maximum absolute atomic E-state index is 13.0. The zero-order valence-electron chi connectivity index (χ0n) is 19.3. The topological polar surface area (TPSA) is 86.7 Å². The first-order valence-corrected chi connectivity index (χ1v) is 11.4. The minimum absolute atomic E-state index is 0.104. The lowest BCUT2D eigenvalue weighted by Crippen LogP contribution is -2.40. The van der Waals surface area contributed by atoms with Crippen molar-refractivity contribution in [3.8, 4) is 11.5 Å². The molecule has 174 valence electrons. The molecule has 32 heavy (non-hydrogen) atoms. The molecule has 0 radical (unpaired) electrons. The molecule has 1 aromatic carbocycles. The Morgan fingerprint density at radius 2 is 1.97 bits per heavy atom. The number of aliphatic imine (C=N–C) groups is 1. The average Bonchev–Trinajstić information content (AvgIpc) is 3.04. The lowest BCUT2D eigenvalue weighted by molar-refractivity contribution is -0.141. The molecule has 2 heterocycles. The fraction of sp³-hybridized carbons (Fsp3) is 0.522. The van der Waals surface area contributed by atoms with Gasteiger partial charge in [-0.05, 0) is 37.5 Å². The second-order valence-electron chi connectivity index (χ2n) is 8.01. The molecule has 0 saturated carbocycles. The second kappa shape index (κ2) is 10.4. The molecule has 2 unspecified atom stereocenters. The van der Waals surface area contributed by atoms with Crippen LogP contribution in [0.25, 0.3) is 0 Å². The summed E-state index contributed by atoms with van der Waals surface area (Å²) in [4.78, 5) is 32.2. The average molecular weight is 463 g/mol. The number of fused-ring (bicyclic) bond motifs is 1. The Morgan fingerprint density at radius 3 is 2.62 bits per heavy atom. The summed E-state index contributed by atoms with van der Waals surface area (Å²) in [6.45, 7) is 8.66. The lowest BCUT2D eigenvalue weighted by Gasteiger charge is -2.33. The third-order valence-corrected chi connectivity index (χ3v) is 6.13. The van der Waals surface area contributed by atoms with Crippen LogP contribution in [-0.2, 0) is 19.1 Å². The number of allylic oxidation sites excluding steroid dienone is 1. The molecular weight excluding hydrogens is 432 g/mol. The number of methoxy groups -OCH3 is 2. The molecule has 1 fully saturated rings. The van der Waals surface area contributed by atoms with E-state index in [2.05, 4.69) is 18.8 Å². The Hall–Kier alpha value is -2.52. The van der Waals surface area contributed by atoms with Crippen molar-refractivity contribution in [1.82, 2.24) is 4.90 Å². The monoisotopic (exact) mass is 462 g/mol. The molecule has 9 heteroatoms. The number of thioether (sulfide) groups is 1. The van der Waals surface area contributed by atoms with Gasteiger partial charge < -0.3 is 18.9 Å². The molecule has 8 nitrogen and oxygen atoms in total. The molecule has 2 aliphatic rings. The van der Waals surface area contributed by atoms with E-state index in [4.69, 9.17) is 18.9 Å². The van der Waals surface area contributed by atoms with Crippen LogP contribution in [0.15, 0.2) is 34.5 Å². The normalized spacial score (nSPS) is 20.4.